The van der Waals surface area contributed by atoms with Crippen LogP contribution in [0.4, 0.5) is 0 Å². The molecule has 0 spiro atoms. The van der Waals surface area contributed by atoms with Crippen LogP contribution in [0.25, 0.3) is 0 Å². The fraction of sp³-hybridized carbons (Fsp3) is 1.00. The summed E-state index contributed by atoms with van der Waals surface area (Å²) in [7, 11) is 0. The van der Waals surface area contributed by atoms with E-state index in [1.165, 1.54) is 6.92 Å². The third kappa shape index (κ3) is 6.66. The van der Waals surface area contributed by atoms with Gasteiger partial charge in [-0.25, -0.2) is 0 Å². The molecule has 15 heteroatoms. The van der Waals surface area contributed by atoms with Gasteiger partial charge in [-0.15, -0.1) is 0 Å². The molecule has 5 fully saturated rings. The molecule has 0 aromatic carbocycles. The van der Waals surface area contributed by atoms with Gasteiger partial charge in [0.25, 0.3) is 0 Å². The molecule has 2 aliphatic carbocycles. The van der Waals surface area contributed by atoms with E-state index in [1.807, 2.05) is 0 Å². The summed E-state index contributed by atoms with van der Waals surface area (Å²) in [5.74, 6) is -0.535. The third-order valence-electron chi connectivity index (χ3n) is 9.78. The van der Waals surface area contributed by atoms with E-state index in [-0.39, 0.29) is 30.8 Å². The second kappa shape index (κ2) is 13.4. The van der Waals surface area contributed by atoms with Crippen LogP contribution in [0.3, 0.4) is 0 Å². The molecule has 3 aliphatic heterocycles. The molecule has 0 radical (unpaired) electrons. The van der Waals surface area contributed by atoms with Crippen LogP contribution in [-0.4, -0.2) is 167 Å². The van der Waals surface area contributed by atoms with Gasteiger partial charge in [-0.1, -0.05) is 0 Å². The Bertz CT molecular complexity index is 882. The highest BCUT2D eigenvalue weighted by Gasteiger charge is 2.55. The molecule has 9 unspecified atom stereocenters. The molecule has 2 saturated carbocycles. The van der Waals surface area contributed by atoms with E-state index in [0.29, 0.717) is 25.7 Å². The Hall–Kier alpha value is -0.600. The van der Waals surface area contributed by atoms with Crippen molar-refractivity contribution in [2.45, 2.75) is 150 Å². The number of ether oxygens (including phenoxy) is 5. The third-order valence-corrected chi connectivity index (χ3v) is 9.78. The Balaban J connectivity index is 1.29. The van der Waals surface area contributed by atoms with Gasteiger partial charge in [-0.2, -0.15) is 0 Å². The lowest BCUT2D eigenvalue weighted by Gasteiger charge is -2.48. The fourth-order valence-corrected chi connectivity index (χ4v) is 7.18. The molecule has 5 rings (SSSR count). The van der Waals surface area contributed by atoms with Crippen LogP contribution in [0, 0.1) is 11.8 Å². The van der Waals surface area contributed by atoms with Gasteiger partial charge in [0.2, 0.25) is 0 Å². The summed E-state index contributed by atoms with van der Waals surface area (Å²) in [6, 6.07) is 0. The molecular formula is C27H47O15+. The summed E-state index contributed by atoms with van der Waals surface area (Å²) in [6.07, 6.45) is -17.3. The van der Waals surface area contributed by atoms with Gasteiger partial charge in [0, 0.05) is 18.8 Å². The Kier molecular flexibility index (Phi) is 10.5. The Morgan fingerprint density at radius 3 is 2.07 bits per heavy atom. The first-order chi connectivity index (χ1) is 19.8. The predicted octanol–water partition coefficient (Wildman–Crippen LogP) is -4.65. The van der Waals surface area contributed by atoms with E-state index in [9.17, 15) is 51.1 Å². The first-order valence-corrected chi connectivity index (χ1v) is 14.9. The maximum Gasteiger partial charge on any atom is 0.187 e. The van der Waals surface area contributed by atoms with Crippen LogP contribution < -0.4 is 0 Å². The Labute approximate surface area is 243 Å². The van der Waals surface area contributed by atoms with E-state index in [0.717, 1.165) is 0 Å². The topological polar surface area (TPSA) is 252 Å². The predicted molar refractivity (Wildman–Crippen MR) is 138 cm³/mol. The highest BCUT2D eigenvalue weighted by Crippen LogP contribution is 2.42. The molecule has 0 amide bonds. The van der Waals surface area contributed by atoms with Crippen LogP contribution in [-0.2, 0) is 18.9 Å². The van der Waals surface area contributed by atoms with Crippen molar-refractivity contribution in [1.29, 1.82) is 0 Å². The standard InChI is InChI=1S/C27H46O15/c1-9-19(32)21(34)23(36)26(39-9)38-8-18-20(33)22(35)24(37)27(42-18)41-17-7-12-14(30)5-11(28)6-16(12)40-25(17)10-2-3-13(29)15(31)4-10/h9-37H,2-8H2,1H3/p+1/t9-,10?,11?,12?,13?,14?,15?,16?,17?,18-,19+,20+,21-,22+,23+,24-,25?,26-,27+/m0/s1. The van der Waals surface area contributed by atoms with E-state index >= 15 is 0 Å². The van der Waals surface area contributed by atoms with Gasteiger partial charge in [-0.3, -0.25) is 0 Å². The second-order valence-electron chi connectivity index (χ2n) is 12.7. The van der Waals surface area contributed by atoms with Gasteiger partial charge >= 0.3 is 0 Å². The lowest BCUT2D eigenvalue weighted by Crippen LogP contribution is -2.63. The van der Waals surface area contributed by atoms with Crippen molar-refractivity contribution in [2.75, 3.05) is 6.61 Å². The minimum absolute atomic E-state index is 0.189. The van der Waals surface area contributed by atoms with Crippen molar-refractivity contribution in [2.24, 2.45) is 11.8 Å². The van der Waals surface area contributed by atoms with E-state index in [4.69, 9.17) is 23.7 Å². The number of fused-ring (bicyclic) bond motifs is 1. The molecule has 3 saturated heterocycles. The largest absolute Gasteiger partial charge is 0.427 e. The zero-order chi connectivity index (χ0) is 30.5. The molecule has 3 heterocycles. The first kappa shape index (κ1) is 32.8. The molecule has 0 aromatic rings. The van der Waals surface area contributed by atoms with Crippen molar-refractivity contribution in [3.63, 3.8) is 0 Å². The summed E-state index contributed by atoms with van der Waals surface area (Å²) >= 11 is 0. The van der Waals surface area contributed by atoms with Crippen LogP contribution in [0.15, 0.2) is 0 Å². The number of aliphatic hydroxyl groups is 12. The normalized spacial score (nSPS) is 55.6. The van der Waals surface area contributed by atoms with Crippen molar-refractivity contribution < 1.29 is 74.7 Å². The lowest BCUT2D eigenvalue weighted by atomic mass is 9.72. The fourth-order valence-electron chi connectivity index (χ4n) is 7.18. The van der Waals surface area contributed by atoms with Crippen LogP contribution in [0.2, 0.25) is 0 Å². The van der Waals surface area contributed by atoms with Gasteiger partial charge in [0.05, 0.1) is 43.0 Å². The average Bonchev–Trinajstić information content (AvgIpc) is 2.95. The molecule has 5 aliphatic rings. The zero-order valence-electron chi connectivity index (χ0n) is 23.5. The van der Waals surface area contributed by atoms with Crippen molar-refractivity contribution >= 4 is 0 Å². The average molecular weight is 612 g/mol. The second-order valence-corrected chi connectivity index (χ2v) is 12.7. The van der Waals surface area contributed by atoms with Crippen LogP contribution in [0.1, 0.15) is 45.4 Å². The lowest BCUT2D eigenvalue weighted by molar-refractivity contribution is -0.362. The quantitative estimate of drug-likeness (QED) is 0.127. The maximum absolute atomic E-state index is 10.8. The minimum atomic E-state index is -1.70. The van der Waals surface area contributed by atoms with E-state index in [1.54, 1.807) is 0 Å². The molecule has 15 nitrogen and oxygen atoms in total. The number of rotatable bonds is 6. The maximum atomic E-state index is 10.8. The summed E-state index contributed by atoms with van der Waals surface area (Å²) in [6.45, 7) is 1.05. The Morgan fingerprint density at radius 2 is 1.36 bits per heavy atom. The highest BCUT2D eigenvalue weighted by atomic mass is 16.7. The number of hydrogen-bond acceptors (Lipinski definition) is 14. The van der Waals surface area contributed by atoms with Gasteiger partial charge in [-0.05, 0) is 32.6 Å². The molecule has 42 heavy (non-hydrogen) atoms. The van der Waals surface area contributed by atoms with Crippen LogP contribution in [0.5, 0.6) is 0 Å². The summed E-state index contributed by atoms with van der Waals surface area (Å²) in [5, 5.41) is 104. The first-order valence-electron chi connectivity index (χ1n) is 14.9. The minimum Gasteiger partial charge on any atom is -0.427 e. The van der Waals surface area contributed by atoms with Gasteiger partial charge in [0.1, 0.15) is 48.8 Å². The summed E-state index contributed by atoms with van der Waals surface area (Å²) in [5.41, 5.74) is 0. The summed E-state index contributed by atoms with van der Waals surface area (Å²) < 4.78 is 28.0. The molecule has 19 atom stereocenters. The molecule has 244 valence electrons. The molecule has 11 N–H and O–H groups in total. The SMILES string of the molecule is C[C@@H]1O[C@H](OC[C@@H]2O[C@@H](OC3CC4C(O)CC(O)CC4[OH+]C3C3CCC(O)C(O)C3)[C@@H](O)[C@H](O)[C@@H]2O)[C@H](O)[C@@H](O)[C@@H]1O. The van der Waals surface area contributed by atoms with Crippen molar-refractivity contribution in [1.82, 2.24) is 0 Å². The van der Waals surface area contributed by atoms with Gasteiger partial charge in [0.15, 0.2) is 24.8 Å². The van der Waals surface area contributed by atoms with E-state index < -0.39 is 105 Å². The highest BCUT2D eigenvalue weighted by molar-refractivity contribution is 4.98. The molecular weight excluding hydrogens is 564 g/mol. The monoisotopic (exact) mass is 611 g/mol. The Morgan fingerprint density at radius 1 is 0.667 bits per heavy atom. The molecule has 0 bridgehead atoms. The number of aliphatic hydroxyl groups excluding tert-OH is 10. The molecule has 0 aromatic heterocycles. The number of hydrogen-bond donors (Lipinski definition) is 10. The summed E-state index contributed by atoms with van der Waals surface area (Å²) in [4.78, 5) is 0. The van der Waals surface area contributed by atoms with E-state index in [2.05, 4.69) is 0 Å². The van der Waals surface area contributed by atoms with Crippen molar-refractivity contribution in [3.05, 3.63) is 0 Å². The van der Waals surface area contributed by atoms with Crippen molar-refractivity contribution in [3.8, 4) is 0 Å². The van der Waals surface area contributed by atoms with Gasteiger partial charge < -0.3 is 74.7 Å². The van der Waals surface area contributed by atoms with Crippen LogP contribution >= 0.6 is 0 Å². The smallest absolute Gasteiger partial charge is 0.187 e. The zero-order valence-corrected chi connectivity index (χ0v) is 23.5.